The van der Waals surface area contributed by atoms with Gasteiger partial charge in [0.25, 0.3) is 0 Å². The molecule has 1 amide bonds. The Kier molecular flexibility index (Phi) is 3.64. The average molecular weight is 260 g/mol. The third-order valence-corrected chi connectivity index (χ3v) is 3.12. The minimum atomic E-state index is -1.13. The number of oxime groups is 1. The van der Waals surface area contributed by atoms with Gasteiger partial charge in [0, 0.05) is 19.2 Å². The second-order valence-electron chi connectivity index (χ2n) is 4.74. The summed E-state index contributed by atoms with van der Waals surface area (Å²) in [5.41, 5.74) is 0.371. The fraction of sp³-hybridized carbons (Fsp3) is 0.357. The largest absolute Gasteiger partial charge is 0.381 e. The normalized spacial score (nSPS) is 21.5. The smallest absolute Gasteiger partial charge is 0.231 e. The summed E-state index contributed by atoms with van der Waals surface area (Å²) in [7, 11) is 1.68. The van der Waals surface area contributed by atoms with Crippen molar-refractivity contribution >= 4 is 23.6 Å². The van der Waals surface area contributed by atoms with E-state index in [1.807, 2.05) is 30.3 Å². The predicted molar refractivity (Wildman–Crippen MR) is 72.1 cm³/mol. The molecule has 1 aliphatic heterocycles. The number of aldehydes is 1. The van der Waals surface area contributed by atoms with Crippen LogP contribution in [0.1, 0.15) is 19.8 Å². The molecule has 0 aliphatic carbocycles. The fourth-order valence-corrected chi connectivity index (χ4v) is 2.04. The highest BCUT2D eigenvalue weighted by Crippen LogP contribution is 2.27. The van der Waals surface area contributed by atoms with Crippen LogP contribution >= 0.6 is 0 Å². The van der Waals surface area contributed by atoms with Gasteiger partial charge in [-0.05, 0) is 19.1 Å². The Morgan fingerprint density at radius 3 is 2.68 bits per heavy atom. The SMILES string of the molecule is CC1=NOC(C=O)(CC(=O)N(C)c2ccccc2)C1. The van der Waals surface area contributed by atoms with Gasteiger partial charge in [-0.3, -0.25) is 9.59 Å². The number of hydrogen-bond donors (Lipinski definition) is 0. The van der Waals surface area contributed by atoms with Crippen LogP contribution in [-0.4, -0.2) is 30.6 Å². The lowest BCUT2D eigenvalue weighted by atomic mass is 9.95. The fourth-order valence-electron chi connectivity index (χ4n) is 2.04. The molecule has 2 rings (SSSR count). The Hall–Kier alpha value is -2.17. The molecule has 1 heterocycles. The number of carbonyl (C=O) groups excluding carboxylic acids is 2. The van der Waals surface area contributed by atoms with Crippen LogP contribution in [0.15, 0.2) is 35.5 Å². The molecule has 0 fully saturated rings. The molecule has 0 N–H and O–H groups in total. The van der Waals surface area contributed by atoms with E-state index in [9.17, 15) is 9.59 Å². The molecule has 0 saturated carbocycles. The lowest BCUT2D eigenvalue weighted by Crippen LogP contribution is -2.39. The minimum absolute atomic E-state index is 0.0112. The second kappa shape index (κ2) is 5.22. The predicted octanol–water partition coefficient (Wildman–Crippen LogP) is 1.77. The van der Waals surface area contributed by atoms with Crippen LogP contribution in [0.2, 0.25) is 0 Å². The lowest BCUT2D eigenvalue weighted by Gasteiger charge is -2.23. The highest BCUT2D eigenvalue weighted by Gasteiger charge is 2.40. The molecule has 19 heavy (non-hydrogen) atoms. The van der Waals surface area contributed by atoms with Crippen LogP contribution in [-0.2, 0) is 14.4 Å². The Morgan fingerprint density at radius 2 is 2.16 bits per heavy atom. The molecule has 0 radical (unpaired) electrons. The molecule has 1 atom stereocenters. The van der Waals surface area contributed by atoms with E-state index in [4.69, 9.17) is 4.84 Å². The summed E-state index contributed by atoms with van der Waals surface area (Å²) in [4.78, 5) is 30.1. The summed E-state index contributed by atoms with van der Waals surface area (Å²) in [6, 6.07) is 9.26. The quantitative estimate of drug-likeness (QED) is 0.775. The van der Waals surface area contributed by atoms with Crippen LogP contribution < -0.4 is 4.90 Å². The molecule has 0 saturated heterocycles. The van der Waals surface area contributed by atoms with Crippen molar-refractivity contribution in [1.29, 1.82) is 0 Å². The topological polar surface area (TPSA) is 59.0 Å². The molecule has 100 valence electrons. The van der Waals surface area contributed by atoms with Crippen LogP contribution in [0, 0.1) is 0 Å². The van der Waals surface area contributed by atoms with Crippen LogP contribution in [0.5, 0.6) is 0 Å². The molecular weight excluding hydrogens is 244 g/mol. The van der Waals surface area contributed by atoms with E-state index in [1.165, 1.54) is 4.90 Å². The Bertz CT molecular complexity index is 513. The van der Waals surface area contributed by atoms with Gasteiger partial charge in [0.15, 0.2) is 6.29 Å². The monoisotopic (exact) mass is 260 g/mol. The number of anilines is 1. The maximum Gasteiger partial charge on any atom is 0.231 e. The number of rotatable bonds is 4. The van der Waals surface area contributed by atoms with Gasteiger partial charge in [-0.2, -0.15) is 0 Å². The summed E-state index contributed by atoms with van der Waals surface area (Å²) < 4.78 is 0. The van der Waals surface area contributed by atoms with Gasteiger partial charge < -0.3 is 9.74 Å². The lowest BCUT2D eigenvalue weighted by molar-refractivity contribution is -0.136. The van der Waals surface area contributed by atoms with Crippen LogP contribution in [0.3, 0.4) is 0 Å². The van der Waals surface area contributed by atoms with E-state index in [2.05, 4.69) is 5.16 Å². The van der Waals surface area contributed by atoms with Crippen molar-refractivity contribution in [1.82, 2.24) is 0 Å². The van der Waals surface area contributed by atoms with Crippen molar-refractivity contribution in [2.24, 2.45) is 5.16 Å². The minimum Gasteiger partial charge on any atom is -0.381 e. The highest BCUT2D eigenvalue weighted by molar-refractivity contribution is 5.97. The zero-order valence-electron chi connectivity index (χ0n) is 11.0. The maximum atomic E-state index is 12.2. The summed E-state index contributed by atoms with van der Waals surface area (Å²) in [6.07, 6.45) is 1.03. The van der Waals surface area contributed by atoms with Gasteiger partial charge in [0.05, 0.1) is 12.1 Å². The molecule has 1 aliphatic rings. The Morgan fingerprint density at radius 1 is 1.47 bits per heavy atom. The van der Waals surface area contributed by atoms with Gasteiger partial charge in [-0.25, -0.2) is 0 Å². The Balaban J connectivity index is 2.07. The Labute approximate surface area is 111 Å². The van der Waals surface area contributed by atoms with Gasteiger partial charge in [0.1, 0.15) is 0 Å². The molecule has 1 aromatic carbocycles. The van der Waals surface area contributed by atoms with E-state index in [-0.39, 0.29) is 12.3 Å². The molecule has 0 aromatic heterocycles. The van der Waals surface area contributed by atoms with E-state index < -0.39 is 5.60 Å². The molecule has 1 unspecified atom stereocenters. The summed E-state index contributed by atoms with van der Waals surface area (Å²) >= 11 is 0. The molecule has 5 nitrogen and oxygen atoms in total. The third kappa shape index (κ3) is 2.81. The van der Waals surface area contributed by atoms with Crippen LogP contribution in [0.25, 0.3) is 0 Å². The second-order valence-corrected chi connectivity index (χ2v) is 4.74. The summed E-state index contributed by atoms with van der Waals surface area (Å²) in [5, 5.41) is 3.76. The number of carbonyl (C=O) groups is 2. The standard InChI is InChI=1S/C14H16N2O3/c1-11-8-14(10-17,19-15-11)9-13(18)16(2)12-6-4-3-5-7-12/h3-7,10H,8-9H2,1-2H3. The van der Waals surface area contributed by atoms with Crippen molar-refractivity contribution in [2.45, 2.75) is 25.4 Å². The highest BCUT2D eigenvalue weighted by atomic mass is 16.7. The molecule has 0 spiro atoms. The van der Waals surface area contributed by atoms with E-state index in [0.29, 0.717) is 12.7 Å². The summed E-state index contributed by atoms with van der Waals surface area (Å²) in [5.74, 6) is -0.178. The first-order valence-corrected chi connectivity index (χ1v) is 6.06. The van der Waals surface area contributed by atoms with Crippen molar-refractivity contribution in [2.75, 3.05) is 11.9 Å². The number of para-hydroxylation sites is 1. The van der Waals surface area contributed by atoms with Crippen molar-refractivity contribution in [3.05, 3.63) is 30.3 Å². The first kappa shape index (κ1) is 13.3. The van der Waals surface area contributed by atoms with Crippen LogP contribution in [0.4, 0.5) is 5.69 Å². The molecule has 1 aromatic rings. The number of nitrogens with zero attached hydrogens (tertiary/aromatic N) is 2. The first-order chi connectivity index (χ1) is 9.06. The van der Waals surface area contributed by atoms with E-state index in [1.54, 1.807) is 14.0 Å². The number of hydrogen-bond acceptors (Lipinski definition) is 4. The van der Waals surface area contributed by atoms with E-state index in [0.717, 1.165) is 11.4 Å². The van der Waals surface area contributed by atoms with Gasteiger partial charge in [-0.15, -0.1) is 0 Å². The van der Waals surface area contributed by atoms with Gasteiger partial charge in [-0.1, -0.05) is 23.4 Å². The number of benzene rings is 1. The van der Waals surface area contributed by atoms with Crippen molar-refractivity contribution in [3.63, 3.8) is 0 Å². The third-order valence-electron chi connectivity index (χ3n) is 3.12. The zero-order valence-corrected chi connectivity index (χ0v) is 11.0. The van der Waals surface area contributed by atoms with Gasteiger partial charge in [0.2, 0.25) is 11.5 Å². The summed E-state index contributed by atoms with van der Waals surface area (Å²) in [6.45, 7) is 1.77. The maximum absolute atomic E-state index is 12.2. The first-order valence-electron chi connectivity index (χ1n) is 6.06. The molecule has 5 heteroatoms. The zero-order chi connectivity index (χ0) is 13.9. The van der Waals surface area contributed by atoms with E-state index >= 15 is 0 Å². The van der Waals surface area contributed by atoms with Gasteiger partial charge >= 0.3 is 0 Å². The molecular formula is C14H16N2O3. The number of amides is 1. The van der Waals surface area contributed by atoms with Crippen molar-refractivity contribution < 1.29 is 14.4 Å². The van der Waals surface area contributed by atoms with Crippen molar-refractivity contribution in [3.8, 4) is 0 Å². The average Bonchev–Trinajstić information content (AvgIpc) is 2.80. The molecule has 0 bridgehead atoms.